The molecule has 2 unspecified atom stereocenters. The molecule has 4 nitrogen and oxygen atoms in total. The summed E-state index contributed by atoms with van der Waals surface area (Å²) in [6, 6.07) is 3.42. The zero-order chi connectivity index (χ0) is 13.1. The van der Waals surface area contributed by atoms with Crippen LogP contribution in [0.5, 0.6) is 0 Å². The summed E-state index contributed by atoms with van der Waals surface area (Å²) in [5, 5.41) is 11.1. The maximum atomic E-state index is 10.9. The Morgan fingerprint density at radius 3 is 2.83 bits per heavy atom. The molecule has 2 fully saturated rings. The summed E-state index contributed by atoms with van der Waals surface area (Å²) in [6.45, 7) is 4.10. The molecular weight excluding hydrogens is 252 g/mol. The Kier molecular flexibility index (Phi) is 2.44. The van der Waals surface area contributed by atoms with Gasteiger partial charge in [0.15, 0.2) is 0 Å². The van der Waals surface area contributed by atoms with Crippen molar-refractivity contribution in [3.63, 3.8) is 0 Å². The van der Waals surface area contributed by atoms with Gasteiger partial charge >= 0.3 is 0 Å². The second-order valence-corrected chi connectivity index (χ2v) is 6.04. The van der Waals surface area contributed by atoms with Gasteiger partial charge in [-0.3, -0.25) is 10.1 Å². The van der Waals surface area contributed by atoms with Gasteiger partial charge in [0.25, 0.3) is 5.69 Å². The van der Waals surface area contributed by atoms with Gasteiger partial charge in [-0.25, -0.2) is 0 Å². The van der Waals surface area contributed by atoms with Gasteiger partial charge in [-0.05, 0) is 43.5 Å². The van der Waals surface area contributed by atoms with E-state index in [-0.39, 0.29) is 16.1 Å². The highest BCUT2D eigenvalue weighted by molar-refractivity contribution is 6.32. The number of hydrogen-bond donors (Lipinski definition) is 0. The molecule has 5 heteroatoms. The molecule has 96 valence electrons. The van der Waals surface area contributed by atoms with Crippen LogP contribution in [0.4, 0.5) is 5.69 Å². The van der Waals surface area contributed by atoms with E-state index in [4.69, 9.17) is 11.6 Å². The number of nitro benzene ring substituents is 1. The van der Waals surface area contributed by atoms with Crippen molar-refractivity contribution >= 4 is 17.3 Å². The molecule has 2 aliphatic rings. The van der Waals surface area contributed by atoms with Crippen molar-refractivity contribution in [1.82, 2.24) is 4.90 Å². The van der Waals surface area contributed by atoms with E-state index in [0.717, 1.165) is 18.7 Å². The van der Waals surface area contributed by atoms with E-state index in [1.54, 1.807) is 6.07 Å². The van der Waals surface area contributed by atoms with Crippen molar-refractivity contribution in [2.75, 3.05) is 20.1 Å². The Labute approximate surface area is 111 Å². The van der Waals surface area contributed by atoms with E-state index >= 15 is 0 Å². The van der Waals surface area contributed by atoms with Crippen LogP contribution in [0, 0.1) is 23.0 Å². The molecule has 2 atom stereocenters. The first-order valence-corrected chi connectivity index (χ1v) is 6.45. The van der Waals surface area contributed by atoms with Crippen molar-refractivity contribution in [3.05, 3.63) is 38.4 Å². The lowest BCUT2D eigenvalue weighted by molar-refractivity contribution is -0.384. The number of rotatable bonds is 2. The number of fused-ring (bicyclic) bond motifs is 1. The van der Waals surface area contributed by atoms with Crippen LogP contribution < -0.4 is 0 Å². The molecule has 1 aliphatic carbocycles. The van der Waals surface area contributed by atoms with Crippen molar-refractivity contribution < 1.29 is 4.92 Å². The third-order valence-electron chi connectivity index (χ3n) is 4.34. The quantitative estimate of drug-likeness (QED) is 0.611. The minimum absolute atomic E-state index is 0.0119. The first-order valence-electron chi connectivity index (χ1n) is 6.07. The number of hydrogen-bond acceptors (Lipinski definition) is 3. The van der Waals surface area contributed by atoms with Crippen LogP contribution in [0.25, 0.3) is 0 Å². The van der Waals surface area contributed by atoms with E-state index in [1.165, 1.54) is 12.0 Å². The van der Waals surface area contributed by atoms with Crippen LogP contribution >= 0.6 is 11.6 Å². The first-order chi connectivity index (χ1) is 8.44. The summed E-state index contributed by atoms with van der Waals surface area (Å²) >= 11 is 6.04. The summed E-state index contributed by atoms with van der Waals surface area (Å²) in [7, 11) is 2.12. The fourth-order valence-corrected chi connectivity index (χ4v) is 3.73. The normalized spacial score (nSPS) is 30.3. The van der Waals surface area contributed by atoms with Crippen LogP contribution in [0.1, 0.15) is 17.5 Å². The van der Waals surface area contributed by atoms with E-state index in [0.29, 0.717) is 5.92 Å². The summed E-state index contributed by atoms with van der Waals surface area (Å²) in [6.07, 6.45) is 1.19. The van der Waals surface area contributed by atoms with E-state index < -0.39 is 4.92 Å². The van der Waals surface area contributed by atoms with Crippen LogP contribution in [-0.2, 0) is 5.41 Å². The van der Waals surface area contributed by atoms with Crippen LogP contribution in [0.15, 0.2) is 12.1 Å². The van der Waals surface area contributed by atoms with Gasteiger partial charge in [-0.2, -0.15) is 0 Å². The molecule has 1 aromatic rings. The Hall–Kier alpha value is -1.13. The van der Waals surface area contributed by atoms with E-state index in [2.05, 4.69) is 11.9 Å². The monoisotopic (exact) mass is 266 g/mol. The fourth-order valence-electron chi connectivity index (χ4n) is 3.49. The van der Waals surface area contributed by atoms with Gasteiger partial charge in [0.2, 0.25) is 0 Å². The molecule has 0 radical (unpaired) electrons. The largest absolute Gasteiger partial charge is 0.305 e. The predicted octanol–water partition coefficient (Wildman–Crippen LogP) is 2.76. The summed E-state index contributed by atoms with van der Waals surface area (Å²) in [5.41, 5.74) is 2.41. The summed E-state index contributed by atoms with van der Waals surface area (Å²) in [4.78, 5) is 12.8. The molecule has 1 heterocycles. The number of piperidine rings is 1. The maximum absolute atomic E-state index is 10.9. The molecule has 1 aromatic carbocycles. The smallest absolute Gasteiger partial charge is 0.288 e. The van der Waals surface area contributed by atoms with E-state index in [1.807, 2.05) is 13.0 Å². The minimum Gasteiger partial charge on any atom is -0.305 e. The molecular formula is C13H15ClN2O2. The average Bonchev–Trinajstić information content (AvgIpc) is 2.85. The topological polar surface area (TPSA) is 46.4 Å². The van der Waals surface area contributed by atoms with Gasteiger partial charge in [-0.1, -0.05) is 11.6 Å². The molecule has 0 spiro atoms. The lowest BCUT2D eigenvalue weighted by atomic mass is 9.90. The Morgan fingerprint density at radius 2 is 2.28 bits per heavy atom. The molecule has 3 rings (SSSR count). The van der Waals surface area contributed by atoms with Crippen molar-refractivity contribution in [3.8, 4) is 0 Å². The lowest BCUT2D eigenvalue weighted by Gasteiger charge is -2.19. The highest BCUT2D eigenvalue weighted by Gasteiger charge is 2.60. The number of halogens is 1. The number of likely N-dealkylation sites (tertiary alicyclic amines) is 1. The second-order valence-electron chi connectivity index (χ2n) is 5.63. The second kappa shape index (κ2) is 3.68. The Balaban J connectivity index is 2.05. The fraction of sp³-hybridized carbons (Fsp3) is 0.538. The van der Waals surface area contributed by atoms with Gasteiger partial charge < -0.3 is 4.90 Å². The van der Waals surface area contributed by atoms with Crippen LogP contribution in [0.3, 0.4) is 0 Å². The van der Waals surface area contributed by atoms with Crippen molar-refractivity contribution in [2.24, 2.45) is 5.92 Å². The lowest BCUT2D eigenvalue weighted by Crippen LogP contribution is -2.22. The third kappa shape index (κ3) is 1.56. The first kappa shape index (κ1) is 11.9. The summed E-state index contributed by atoms with van der Waals surface area (Å²) < 4.78 is 0. The highest BCUT2D eigenvalue weighted by Crippen LogP contribution is 2.59. The predicted molar refractivity (Wildman–Crippen MR) is 70.1 cm³/mol. The molecule has 1 aliphatic heterocycles. The summed E-state index contributed by atoms with van der Waals surface area (Å²) in [5.74, 6) is 0.693. The number of aryl methyl sites for hydroxylation is 1. The molecule has 0 N–H and O–H groups in total. The van der Waals surface area contributed by atoms with Gasteiger partial charge in [0.1, 0.15) is 5.02 Å². The zero-order valence-electron chi connectivity index (χ0n) is 10.4. The molecule has 1 saturated carbocycles. The van der Waals surface area contributed by atoms with Gasteiger partial charge in [-0.15, -0.1) is 0 Å². The SMILES string of the molecule is Cc1cc([N+](=O)[O-])c(Cl)cc1C12CC1CN(C)C2. The highest BCUT2D eigenvalue weighted by atomic mass is 35.5. The Morgan fingerprint density at radius 1 is 1.56 bits per heavy atom. The molecule has 0 amide bonds. The average molecular weight is 267 g/mol. The molecule has 0 aromatic heterocycles. The molecule has 1 saturated heterocycles. The van der Waals surface area contributed by atoms with Crippen molar-refractivity contribution in [2.45, 2.75) is 18.8 Å². The molecule has 0 bridgehead atoms. The number of nitrogens with zero attached hydrogens (tertiary/aromatic N) is 2. The standard InChI is InChI=1S/C13H15ClN2O2/c1-8-3-12(16(17)18)11(14)4-10(8)13-5-9(13)6-15(2)7-13/h3-4,9H,5-7H2,1-2H3. The maximum Gasteiger partial charge on any atom is 0.288 e. The molecule has 18 heavy (non-hydrogen) atoms. The van der Waals surface area contributed by atoms with Gasteiger partial charge in [0, 0.05) is 24.6 Å². The van der Waals surface area contributed by atoms with Crippen LogP contribution in [0.2, 0.25) is 5.02 Å². The number of benzene rings is 1. The van der Waals surface area contributed by atoms with E-state index in [9.17, 15) is 10.1 Å². The Bertz CT molecular complexity index is 546. The zero-order valence-corrected chi connectivity index (χ0v) is 11.2. The number of likely N-dealkylation sites (N-methyl/N-ethyl adjacent to an activating group) is 1. The third-order valence-corrected chi connectivity index (χ3v) is 4.65. The van der Waals surface area contributed by atoms with Crippen molar-refractivity contribution in [1.29, 1.82) is 0 Å². The van der Waals surface area contributed by atoms with Gasteiger partial charge in [0.05, 0.1) is 4.92 Å². The van der Waals surface area contributed by atoms with Crippen LogP contribution in [-0.4, -0.2) is 30.0 Å². The minimum atomic E-state index is -0.415. The number of nitro groups is 1.